The first-order chi connectivity index (χ1) is 12.4. The second kappa shape index (κ2) is 8.00. The fraction of sp³-hybridized carbons (Fsp3) is 0.750. The van der Waals surface area contributed by atoms with Crippen LogP contribution in [-0.4, -0.2) is 60.9 Å². The van der Waals surface area contributed by atoms with Gasteiger partial charge < -0.3 is 19.5 Å². The first-order valence-electron chi connectivity index (χ1n) is 7.01. The van der Waals surface area contributed by atoms with Crippen LogP contribution in [0.3, 0.4) is 0 Å². The number of carbonyl (C=O) groups excluding carboxylic acids is 3. The molecule has 1 fully saturated rings. The Hall–Kier alpha value is -2.26. The second-order valence-corrected chi connectivity index (χ2v) is 5.35. The van der Waals surface area contributed by atoms with Crippen LogP contribution in [0, 0.1) is 0 Å². The van der Waals surface area contributed by atoms with Crippen molar-refractivity contribution in [3.05, 3.63) is 0 Å². The number of nitrogens with one attached hydrogen (secondary N) is 1. The normalized spacial score (nSPS) is 26.4. The molecule has 0 saturated carbocycles. The largest absolute Gasteiger partial charge is 0.491 e. The van der Waals surface area contributed by atoms with Gasteiger partial charge in [-0.05, 0) is 6.92 Å². The Morgan fingerprint density at radius 3 is 1.75 bits per heavy atom. The molecule has 1 aliphatic heterocycles. The lowest BCUT2D eigenvalue weighted by molar-refractivity contribution is -0.260. The third-order valence-electron chi connectivity index (χ3n) is 3.19. The summed E-state index contributed by atoms with van der Waals surface area (Å²) in [5.74, 6) is -8.32. The van der Waals surface area contributed by atoms with E-state index in [1.807, 2.05) is 0 Å². The maximum atomic E-state index is 12.4. The van der Waals surface area contributed by atoms with Crippen LogP contribution < -0.4 is 5.32 Å². The van der Waals surface area contributed by atoms with Gasteiger partial charge in [-0.25, -0.2) is 9.59 Å². The molecule has 0 aromatic rings. The summed E-state index contributed by atoms with van der Waals surface area (Å²) in [6.07, 6.45) is -23.9. The molecule has 0 aliphatic carbocycles. The van der Waals surface area contributed by atoms with E-state index in [0.29, 0.717) is 0 Å². The molecule has 4 atom stereocenters. The number of hydrogen-bond acceptors (Lipinski definition) is 6. The topological polar surface area (TPSA) is 90.9 Å². The summed E-state index contributed by atoms with van der Waals surface area (Å²) < 4.78 is 123. The minimum Gasteiger partial charge on any atom is -0.451 e. The van der Waals surface area contributed by atoms with Gasteiger partial charge >= 0.3 is 36.4 Å². The Balaban J connectivity index is 3.03. The third-order valence-corrected chi connectivity index (χ3v) is 3.19. The summed E-state index contributed by atoms with van der Waals surface area (Å²) in [4.78, 5) is 32.7. The Labute approximate surface area is 149 Å². The molecular weight excluding hydrogens is 425 g/mol. The molecule has 1 N–H and O–H groups in total. The third kappa shape index (κ3) is 6.42. The van der Waals surface area contributed by atoms with Crippen LogP contribution >= 0.6 is 0 Å². The molecule has 0 bridgehead atoms. The predicted molar refractivity (Wildman–Crippen MR) is 65.0 cm³/mol. The molecule has 1 aliphatic rings. The van der Waals surface area contributed by atoms with Gasteiger partial charge in [0.25, 0.3) is 0 Å². The van der Waals surface area contributed by atoms with Crippen LogP contribution in [0.5, 0.6) is 0 Å². The zero-order chi connectivity index (χ0) is 22.1. The highest BCUT2D eigenvalue weighted by molar-refractivity contribution is 5.82. The Bertz CT molecular complexity index is 614. The number of halogens is 9. The highest BCUT2D eigenvalue weighted by Gasteiger charge is 2.51. The highest BCUT2D eigenvalue weighted by Crippen LogP contribution is 2.29. The lowest BCUT2D eigenvalue weighted by Crippen LogP contribution is -2.59. The molecule has 0 unspecified atom stereocenters. The number of hydrogen-bond donors (Lipinski definition) is 1. The number of carbonyl (C=O) groups is 3. The average molecular weight is 435 g/mol. The van der Waals surface area contributed by atoms with Crippen molar-refractivity contribution >= 4 is 17.8 Å². The van der Waals surface area contributed by atoms with Crippen molar-refractivity contribution < 1.29 is 68.1 Å². The lowest BCUT2D eigenvalue weighted by Gasteiger charge is -2.39. The molecule has 162 valence electrons. The van der Waals surface area contributed by atoms with Crippen molar-refractivity contribution in [2.45, 2.75) is 56.4 Å². The first kappa shape index (κ1) is 23.8. The second-order valence-electron chi connectivity index (χ2n) is 5.35. The van der Waals surface area contributed by atoms with Gasteiger partial charge in [0.2, 0.25) is 6.29 Å². The maximum Gasteiger partial charge on any atom is 0.491 e. The lowest BCUT2D eigenvalue weighted by atomic mass is 9.99. The van der Waals surface area contributed by atoms with E-state index in [9.17, 15) is 53.9 Å². The number of esters is 2. The zero-order valence-corrected chi connectivity index (χ0v) is 13.4. The van der Waals surface area contributed by atoms with Crippen molar-refractivity contribution in [2.75, 3.05) is 0 Å². The molecule has 0 aromatic carbocycles. The summed E-state index contributed by atoms with van der Waals surface area (Å²) in [5.41, 5.74) is 0. The number of ether oxygens (including phenoxy) is 3. The molecule has 0 radical (unpaired) electrons. The van der Waals surface area contributed by atoms with Crippen LogP contribution in [0.1, 0.15) is 13.3 Å². The summed E-state index contributed by atoms with van der Waals surface area (Å²) in [5, 5.41) is 1.18. The van der Waals surface area contributed by atoms with E-state index in [-0.39, 0.29) is 0 Å². The standard InChI is InChI=1S/C12H10F9NO6/c1-3-6(28-9(25)12(19,20)21)4(22-7(23)10(13,14)15)2-5(26-3)27-8(24)11(16,17)18/h3-6H,2H2,1H3,(H,22,23)/t3-,4+,5-,6+/m1/s1. The van der Waals surface area contributed by atoms with Crippen LogP contribution in [0.2, 0.25) is 0 Å². The van der Waals surface area contributed by atoms with Gasteiger partial charge in [-0.15, -0.1) is 0 Å². The van der Waals surface area contributed by atoms with Gasteiger partial charge in [0.15, 0.2) is 0 Å². The minimum atomic E-state index is -5.56. The summed E-state index contributed by atoms with van der Waals surface area (Å²) >= 11 is 0. The molecule has 0 aromatic heterocycles. The molecule has 1 rings (SSSR count). The molecule has 28 heavy (non-hydrogen) atoms. The van der Waals surface area contributed by atoms with Crippen molar-refractivity contribution in [3.63, 3.8) is 0 Å². The Kier molecular flexibility index (Phi) is 6.80. The molecule has 1 heterocycles. The molecule has 1 amide bonds. The first-order valence-corrected chi connectivity index (χ1v) is 7.01. The zero-order valence-electron chi connectivity index (χ0n) is 13.4. The summed E-state index contributed by atoms with van der Waals surface area (Å²) in [7, 11) is 0. The van der Waals surface area contributed by atoms with E-state index < -0.39 is 67.3 Å². The summed E-state index contributed by atoms with van der Waals surface area (Å²) in [6, 6.07) is -2.12. The van der Waals surface area contributed by atoms with Gasteiger partial charge in [0.05, 0.1) is 12.1 Å². The van der Waals surface area contributed by atoms with E-state index >= 15 is 0 Å². The van der Waals surface area contributed by atoms with Gasteiger partial charge in [-0.3, -0.25) is 4.79 Å². The van der Waals surface area contributed by atoms with Crippen LogP contribution in [-0.2, 0) is 28.6 Å². The number of amides is 1. The van der Waals surface area contributed by atoms with Crippen LogP contribution in [0.25, 0.3) is 0 Å². The SMILES string of the molecule is C[C@H]1O[C@H](OC(=O)C(F)(F)F)C[C@H](NC(=O)C(F)(F)F)[C@H]1OC(=O)C(F)(F)F. The summed E-state index contributed by atoms with van der Waals surface area (Å²) in [6.45, 7) is 0.814. The predicted octanol–water partition coefficient (Wildman–Crippen LogP) is 1.75. The fourth-order valence-electron chi connectivity index (χ4n) is 2.06. The van der Waals surface area contributed by atoms with E-state index in [4.69, 9.17) is 0 Å². The van der Waals surface area contributed by atoms with Crippen LogP contribution in [0.4, 0.5) is 39.5 Å². The molecular formula is C12H10F9NO6. The van der Waals surface area contributed by atoms with Crippen molar-refractivity contribution in [1.82, 2.24) is 5.32 Å². The van der Waals surface area contributed by atoms with E-state index in [2.05, 4.69) is 14.2 Å². The van der Waals surface area contributed by atoms with Gasteiger partial charge in [0.1, 0.15) is 6.10 Å². The van der Waals surface area contributed by atoms with Gasteiger partial charge in [-0.2, -0.15) is 39.5 Å². The molecule has 0 spiro atoms. The fourth-order valence-corrected chi connectivity index (χ4v) is 2.06. The van der Waals surface area contributed by atoms with E-state index in [0.717, 1.165) is 6.92 Å². The molecule has 1 saturated heterocycles. The Morgan fingerprint density at radius 1 is 0.857 bits per heavy atom. The van der Waals surface area contributed by atoms with Crippen molar-refractivity contribution in [1.29, 1.82) is 0 Å². The molecule has 16 heteroatoms. The van der Waals surface area contributed by atoms with Gasteiger partial charge in [0, 0.05) is 6.42 Å². The maximum absolute atomic E-state index is 12.4. The van der Waals surface area contributed by atoms with Gasteiger partial charge in [-0.1, -0.05) is 0 Å². The Morgan fingerprint density at radius 2 is 1.32 bits per heavy atom. The minimum absolute atomic E-state index is 0.814. The number of alkyl halides is 9. The van der Waals surface area contributed by atoms with Crippen molar-refractivity contribution in [3.8, 4) is 0 Å². The highest BCUT2D eigenvalue weighted by atomic mass is 19.4. The number of rotatable bonds is 3. The van der Waals surface area contributed by atoms with E-state index in [1.165, 1.54) is 5.32 Å². The van der Waals surface area contributed by atoms with E-state index in [1.54, 1.807) is 0 Å². The van der Waals surface area contributed by atoms with Crippen molar-refractivity contribution in [2.24, 2.45) is 0 Å². The molecule has 7 nitrogen and oxygen atoms in total. The monoisotopic (exact) mass is 435 g/mol. The average Bonchev–Trinajstić information content (AvgIpc) is 2.47. The van der Waals surface area contributed by atoms with Crippen LogP contribution in [0.15, 0.2) is 0 Å². The smallest absolute Gasteiger partial charge is 0.451 e. The quantitative estimate of drug-likeness (QED) is 0.537.